The standard InChI is InChI=1S/C16H20N8S/c1-11-8-17-16(25-3)21-13(11)23-4-6-24(7-5-23)15-12-14(18-9-19-15)22(2)10-20-12/h8-10H,4-7H2,1-3H3. The number of fused-ring (bicyclic) bond motifs is 1. The predicted octanol–water partition coefficient (Wildman–Crippen LogP) is 1.51. The molecule has 9 heteroatoms. The van der Waals surface area contributed by atoms with E-state index >= 15 is 0 Å². The van der Waals surface area contributed by atoms with Crippen LogP contribution in [0, 0.1) is 6.92 Å². The highest BCUT2D eigenvalue weighted by Crippen LogP contribution is 2.25. The van der Waals surface area contributed by atoms with Crippen LogP contribution in [0.1, 0.15) is 5.56 Å². The van der Waals surface area contributed by atoms with E-state index in [0.717, 1.165) is 59.7 Å². The van der Waals surface area contributed by atoms with Gasteiger partial charge in [-0.1, -0.05) is 11.8 Å². The molecular formula is C16H20N8S. The van der Waals surface area contributed by atoms with Crippen molar-refractivity contribution < 1.29 is 0 Å². The Morgan fingerprint density at radius 3 is 2.40 bits per heavy atom. The first-order valence-electron chi connectivity index (χ1n) is 8.17. The Hall–Kier alpha value is -2.42. The van der Waals surface area contributed by atoms with Gasteiger partial charge in [0.2, 0.25) is 0 Å². The van der Waals surface area contributed by atoms with Crippen molar-refractivity contribution in [3.05, 3.63) is 24.4 Å². The van der Waals surface area contributed by atoms with E-state index in [1.165, 1.54) is 0 Å². The van der Waals surface area contributed by atoms with Crippen LogP contribution >= 0.6 is 11.8 Å². The summed E-state index contributed by atoms with van der Waals surface area (Å²) in [5.41, 5.74) is 2.84. The van der Waals surface area contributed by atoms with Crippen molar-refractivity contribution in [2.45, 2.75) is 12.1 Å². The van der Waals surface area contributed by atoms with Crippen molar-refractivity contribution in [3.8, 4) is 0 Å². The van der Waals surface area contributed by atoms with Crippen LogP contribution in [-0.2, 0) is 7.05 Å². The van der Waals surface area contributed by atoms with Crippen LogP contribution in [0.5, 0.6) is 0 Å². The fourth-order valence-corrected chi connectivity index (χ4v) is 3.47. The first-order valence-corrected chi connectivity index (χ1v) is 9.39. The molecule has 3 aromatic rings. The summed E-state index contributed by atoms with van der Waals surface area (Å²) < 4.78 is 1.92. The summed E-state index contributed by atoms with van der Waals surface area (Å²) in [5, 5.41) is 0.814. The van der Waals surface area contributed by atoms with E-state index in [9.17, 15) is 0 Å². The Kier molecular flexibility index (Phi) is 4.16. The number of piperazine rings is 1. The second-order valence-electron chi connectivity index (χ2n) is 6.06. The summed E-state index contributed by atoms with van der Waals surface area (Å²) in [6, 6.07) is 0. The number of aromatic nitrogens is 6. The molecule has 0 radical (unpaired) electrons. The quantitative estimate of drug-likeness (QED) is 0.516. The maximum Gasteiger partial charge on any atom is 0.189 e. The summed E-state index contributed by atoms with van der Waals surface area (Å²) in [6.45, 7) is 5.60. The van der Waals surface area contributed by atoms with Gasteiger partial charge in [0.25, 0.3) is 0 Å². The second-order valence-corrected chi connectivity index (χ2v) is 6.84. The highest BCUT2D eigenvalue weighted by atomic mass is 32.2. The van der Waals surface area contributed by atoms with Gasteiger partial charge >= 0.3 is 0 Å². The third-order valence-corrected chi connectivity index (χ3v) is 5.02. The number of hydrogen-bond acceptors (Lipinski definition) is 8. The third kappa shape index (κ3) is 2.88. The Labute approximate surface area is 150 Å². The highest BCUT2D eigenvalue weighted by Gasteiger charge is 2.23. The third-order valence-electron chi connectivity index (χ3n) is 4.46. The zero-order chi connectivity index (χ0) is 17.4. The molecule has 0 bridgehead atoms. The molecule has 1 fully saturated rings. The minimum atomic E-state index is 0.814. The minimum absolute atomic E-state index is 0.814. The molecule has 0 atom stereocenters. The number of thioether (sulfide) groups is 1. The summed E-state index contributed by atoms with van der Waals surface area (Å²) >= 11 is 1.57. The fourth-order valence-electron chi connectivity index (χ4n) is 3.13. The van der Waals surface area contributed by atoms with Crippen molar-refractivity contribution in [2.24, 2.45) is 7.05 Å². The zero-order valence-electron chi connectivity index (χ0n) is 14.5. The number of aryl methyl sites for hydroxylation is 2. The molecule has 0 aliphatic carbocycles. The normalized spacial score (nSPS) is 15.2. The molecule has 0 amide bonds. The fraction of sp³-hybridized carbons (Fsp3) is 0.438. The Morgan fingerprint density at radius 2 is 1.68 bits per heavy atom. The first kappa shape index (κ1) is 16.1. The van der Waals surface area contributed by atoms with Gasteiger partial charge in [0.05, 0.1) is 6.33 Å². The molecule has 0 N–H and O–H groups in total. The second kappa shape index (κ2) is 6.47. The molecule has 25 heavy (non-hydrogen) atoms. The number of nitrogens with zero attached hydrogens (tertiary/aromatic N) is 8. The summed E-state index contributed by atoms with van der Waals surface area (Å²) in [5.74, 6) is 1.94. The maximum atomic E-state index is 4.68. The molecule has 1 aliphatic heterocycles. The van der Waals surface area contributed by atoms with Gasteiger partial charge in [-0.2, -0.15) is 0 Å². The van der Waals surface area contributed by atoms with E-state index in [1.54, 1.807) is 24.4 Å². The van der Waals surface area contributed by atoms with Gasteiger partial charge < -0.3 is 14.4 Å². The van der Waals surface area contributed by atoms with Crippen LogP contribution in [0.2, 0.25) is 0 Å². The molecular weight excluding hydrogens is 336 g/mol. The van der Waals surface area contributed by atoms with E-state index in [2.05, 4.69) is 41.6 Å². The van der Waals surface area contributed by atoms with E-state index in [4.69, 9.17) is 0 Å². The van der Waals surface area contributed by atoms with Crippen molar-refractivity contribution in [1.82, 2.24) is 29.5 Å². The molecule has 8 nitrogen and oxygen atoms in total. The van der Waals surface area contributed by atoms with Crippen LogP contribution in [0.3, 0.4) is 0 Å². The van der Waals surface area contributed by atoms with Gasteiger partial charge in [0, 0.05) is 45.0 Å². The Balaban J connectivity index is 1.55. The Morgan fingerprint density at radius 1 is 0.960 bits per heavy atom. The largest absolute Gasteiger partial charge is 0.353 e. The number of anilines is 2. The van der Waals surface area contributed by atoms with Gasteiger partial charge in [-0.05, 0) is 13.2 Å². The van der Waals surface area contributed by atoms with Crippen molar-refractivity contribution in [1.29, 1.82) is 0 Å². The summed E-state index contributed by atoms with van der Waals surface area (Å²) in [6.07, 6.45) is 7.31. The lowest BCUT2D eigenvalue weighted by Crippen LogP contribution is -2.47. The van der Waals surface area contributed by atoms with E-state index < -0.39 is 0 Å². The molecule has 1 aliphatic rings. The SMILES string of the molecule is CSc1ncc(C)c(N2CCN(c3ncnc4c3ncn4C)CC2)n1. The van der Waals surface area contributed by atoms with Crippen LogP contribution in [0.25, 0.3) is 11.2 Å². The average Bonchev–Trinajstić information content (AvgIpc) is 3.04. The summed E-state index contributed by atoms with van der Waals surface area (Å²) in [7, 11) is 1.95. The average molecular weight is 356 g/mol. The molecule has 1 saturated heterocycles. The molecule has 0 spiro atoms. The lowest BCUT2D eigenvalue weighted by molar-refractivity contribution is 0.637. The molecule has 4 rings (SSSR count). The molecule has 0 unspecified atom stereocenters. The van der Waals surface area contributed by atoms with Crippen LogP contribution in [-0.4, -0.2) is 61.9 Å². The van der Waals surface area contributed by atoms with Crippen molar-refractivity contribution in [3.63, 3.8) is 0 Å². The molecule has 130 valence electrons. The number of imidazole rings is 1. The lowest BCUT2D eigenvalue weighted by atomic mass is 10.2. The molecule has 0 saturated carbocycles. The number of hydrogen-bond donors (Lipinski definition) is 0. The van der Waals surface area contributed by atoms with Gasteiger partial charge in [-0.3, -0.25) is 0 Å². The zero-order valence-corrected chi connectivity index (χ0v) is 15.4. The van der Waals surface area contributed by atoms with Crippen LogP contribution in [0.15, 0.2) is 24.0 Å². The Bertz CT molecular complexity index is 900. The van der Waals surface area contributed by atoms with Gasteiger partial charge in [0.15, 0.2) is 22.1 Å². The topological polar surface area (TPSA) is 75.9 Å². The van der Waals surface area contributed by atoms with E-state index in [0.29, 0.717) is 0 Å². The maximum absolute atomic E-state index is 4.68. The monoisotopic (exact) mass is 356 g/mol. The highest BCUT2D eigenvalue weighted by molar-refractivity contribution is 7.98. The summed E-state index contributed by atoms with van der Waals surface area (Å²) in [4.78, 5) is 26.9. The van der Waals surface area contributed by atoms with Gasteiger partial charge in [-0.15, -0.1) is 0 Å². The van der Waals surface area contributed by atoms with E-state index in [1.807, 2.05) is 24.1 Å². The lowest BCUT2D eigenvalue weighted by Gasteiger charge is -2.36. The molecule has 3 aromatic heterocycles. The van der Waals surface area contributed by atoms with Crippen molar-refractivity contribution in [2.75, 3.05) is 42.2 Å². The minimum Gasteiger partial charge on any atom is -0.353 e. The van der Waals surface area contributed by atoms with E-state index in [-0.39, 0.29) is 0 Å². The molecule has 0 aromatic carbocycles. The smallest absolute Gasteiger partial charge is 0.189 e. The number of rotatable bonds is 3. The molecule has 4 heterocycles. The predicted molar refractivity (Wildman–Crippen MR) is 99.3 cm³/mol. The first-order chi connectivity index (χ1) is 12.2. The van der Waals surface area contributed by atoms with Crippen LogP contribution in [0.4, 0.5) is 11.6 Å². The van der Waals surface area contributed by atoms with Gasteiger partial charge in [-0.25, -0.2) is 24.9 Å². The van der Waals surface area contributed by atoms with Crippen molar-refractivity contribution >= 4 is 34.6 Å². The van der Waals surface area contributed by atoms with Gasteiger partial charge in [0.1, 0.15) is 12.1 Å². The van der Waals surface area contributed by atoms with Crippen LogP contribution < -0.4 is 9.80 Å².